The van der Waals surface area contributed by atoms with Gasteiger partial charge in [0.05, 0.1) is 16.3 Å². The number of carbonyl (C=O) groups excluding carboxylic acids is 1. The van der Waals surface area contributed by atoms with Crippen molar-refractivity contribution < 1.29 is 14.7 Å². The molecule has 4 nitrogen and oxygen atoms in total. The summed E-state index contributed by atoms with van der Waals surface area (Å²) in [6.45, 7) is 0. The molecule has 0 saturated heterocycles. The van der Waals surface area contributed by atoms with Gasteiger partial charge < -0.3 is 5.11 Å². The first-order valence-electron chi connectivity index (χ1n) is 5.06. The maximum Gasteiger partial charge on any atom is 0.337 e. The van der Waals surface area contributed by atoms with Crippen LogP contribution in [0.25, 0.3) is 11.3 Å². The predicted molar refractivity (Wildman–Crippen MR) is 67.0 cm³/mol. The second-order valence-corrected chi connectivity index (χ2v) is 4.00. The van der Waals surface area contributed by atoms with E-state index in [0.29, 0.717) is 23.1 Å². The molecule has 2 aromatic rings. The number of carbonyl (C=O) groups is 2. The Morgan fingerprint density at radius 2 is 2.06 bits per heavy atom. The van der Waals surface area contributed by atoms with E-state index in [2.05, 4.69) is 4.98 Å². The summed E-state index contributed by atoms with van der Waals surface area (Å²) in [6.07, 6.45) is 2.12. The summed E-state index contributed by atoms with van der Waals surface area (Å²) in [5.74, 6) is -1.09. The number of carboxylic acids is 1. The van der Waals surface area contributed by atoms with Crippen LogP contribution in [-0.2, 0) is 0 Å². The van der Waals surface area contributed by atoms with E-state index in [1.807, 2.05) is 0 Å². The summed E-state index contributed by atoms with van der Waals surface area (Å²) in [6, 6.07) is 7.91. The first kappa shape index (κ1) is 12.3. The SMILES string of the molecule is O=Cc1ccc(-c2ccc(Cl)c(C(=O)O)c2)nc1. The van der Waals surface area contributed by atoms with Gasteiger partial charge in [0.15, 0.2) is 6.29 Å². The zero-order valence-corrected chi connectivity index (χ0v) is 9.89. The standard InChI is InChI=1S/C13H8ClNO3/c14-11-3-2-9(5-10(11)13(17)18)12-4-1-8(7-16)6-15-12/h1-7H,(H,17,18). The summed E-state index contributed by atoms with van der Waals surface area (Å²) in [7, 11) is 0. The third-order valence-corrected chi connectivity index (χ3v) is 2.74. The van der Waals surface area contributed by atoms with Crippen molar-refractivity contribution in [3.63, 3.8) is 0 Å². The topological polar surface area (TPSA) is 67.3 Å². The van der Waals surface area contributed by atoms with E-state index in [1.54, 1.807) is 18.2 Å². The minimum Gasteiger partial charge on any atom is -0.478 e. The molecular formula is C13H8ClNO3. The zero-order valence-electron chi connectivity index (χ0n) is 9.13. The lowest BCUT2D eigenvalue weighted by Gasteiger charge is -2.04. The molecule has 0 aliphatic heterocycles. The molecule has 1 heterocycles. The minimum absolute atomic E-state index is 0.0235. The average molecular weight is 262 g/mol. The molecule has 2 rings (SSSR count). The Kier molecular flexibility index (Phi) is 3.39. The summed E-state index contributed by atoms with van der Waals surface area (Å²) < 4.78 is 0. The number of aromatic carboxylic acids is 1. The third-order valence-electron chi connectivity index (χ3n) is 2.41. The van der Waals surface area contributed by atoms with Gasteiger partial charge in [0.1, 0.15) is 0 Å². The second kappa shape index (κ2) is 4.98. The molecular weight excluding hydrogens is 254 g/mol. The van der Waals surface area contributed by atoms with Crippen molar-refractivity contribution in [3.05, 3.63) is 52.7 Å². The van der Waals surface area contributed by atoms with Crippen LogP contribution in [0, 0.1) is 0 Å². The molecule has 0 unspecified atom stereocenters. The molecule has 0 saturated carbocycles. The molecule has 1 aromatic carbocycles. The fourth-order valence-electron chi connectivity index (χ4n) is 1.49. The maximum atomic E-state index is 11.0. The number of rotatable bonds is 3. The number of halogens is 1. The van der Waals surface area contributed by atoms with Crippen molar-refractivity contribution in [2.75, 3.05) is 0 Å². The van der Waals surface area contributed by atoms with Crippen molar-refractivity contribution in [2.45, 2.75) is 0 Å². The van der Waals surface area contributed by atoms with E-state index in [0.717, 1.165) is 0 Å². The van der Waals surface area contributed by atoms with Crippen LogP contribution in [0.1, 0.15) is 20.7 Å². The van der Waals surface area contributed by atoms with Gasteiger partial charge in [0.2, 0.25) is 0 Å². The Morgan fingerprint density at radius 1 is 1.28 bits per heavy atom. The Hall–Kier alpha value is -2.20. The number of nitrogens with zero attached hydrogens (tertiary/aromatic N) is 1. The smallest absolute Gasteiger partial charge is 0.337 e. The van der Waals surface area contributed by atoms with Crippen LogP contribution in [0.5, 0.6) is 0 Å². The molecule has 0 fully saturated rings. The van der Waals surface area contributed by atoms with E-state index >= 15 is 0 Å². The highest BCUT2D eigenvalue weighted by molar-refractivity contribution is 6.33. The Balaban J connectivity index is 2.47. The highest BCUT2D eigenvalue weighted by atomic mass is 35.5. The van der Waals surface area contributed by atoms with Crippen LogP contribution >= 0.6 is 11.6 Å². The zero-order chi connectivity index (χ0) is 13.1. The van der Waals surface area contributed by atoms with Gasteiger partial charge in [-0.3, -0.25) is 9.78 Å². The van der Waals surface area contributed by atoms with Crippen LogP contribution in [0.4, 0.5) is 0 Å². The van der Waals surface area contributed by atoms with Crippen LogP contribution in [0.15, 0.2) is 36.5 Å². The van der Waals surface area contributed by atoms with Gasteiger partial charge in [-0.15, -0.1) is 0 Å². The Bertz CT molecular complexity index is 608. The van der Waals surface area contributed by atoms with Crippen LogP contribution < -0.4 is 0 Å². The van der Waals surface area contributed by atoms with E-state index in [1.165, 1.54) is 18.3 Å². The van der Waals surface area contributed by atoms with E-state index in [9.17, 15) is 9.59 Å². The normalized spacial score (nSPS) is 10.1. The van der Waals surface area contributed by atoms with E-state index in [4.69, 9.17) is 16.7 Å². The molecule has 18 heavy (non-hydrogen) atoms. The van der Waals surface area contributed by atoms with Crippen molar-refractivity contribution in [1.82, 2.24) is 4.98 Å². The molecule has 1 N–H and O–H groups in total. The molecule has 0 atom stereocenters. The molecule has 1 aromatic heterocycles. The quantitative estimate of drug-likeness (QED) is 0.863. The van der Waals surface area contributed by atoms with Crippen molar-refractivity contribution in [3.8, 4) is 11.3 Å². The van der Waals surface area contributed by atoms with Gasteiger partial charge in [-0.1, -0.05) is 17.7 Å². The van der Waals surface area contributed by atoms with Gasteiger partial charge in [0.25, 0.3) is 0 Å². The molecule has 0 aliphatic rings. The predicted octanol–water partition coefficient (Wildman–Crippen LogP) is 2.91. The Labute approximate surface area is 108 Å². The number of pyridine rings is 1. The molecule has 5 heteroatoms. The summed E-state index contributed by atoms with van der Waals surface area (Å²) in [4.78, 5) is 25.5. The highest BCUT2D eigenvalue weighted by Gasteiger charge is 2.10. The summed E-state index contributed by atoms with van der Waals surface area (Å²) in [5, 5.41) is 9.14. The first-order valence-corrected chi connectivity index (χ1v) is 5.44. The second-order valence-electron chi connectivity index (χ2n) is 3.59. The van der Waals surface area contributed by atoms with Crippen molar-refractivity contribution in [2.24, 2.45) is 0 Å². The third kappa shape index (κ3) is 2.38. The maximum absolute atomic E-state index is 11.0. The van der Waals surface area contributed by atoms with E-state index < -0.39 is 5.97 Å². The number of hydrogen-bond donors (Lipinski definition) is 1. The number of benzene rings is 1. The first-order chi connectivity index (χ1) is 8.61. The number of aldehydes is 1. The molecule has 0 aliphatic carbocycles. The summed E-state index contributed by atoms with van der Waals surface area (Å²) >= 11 is 5.78. The van der Waals surface area contributed by atoms with Crippen LogP contribution in [-0.4, -0.2) is 22.3 Å². The molecule has 0 amide bonds. The molecule has 0 bridgehead atoms. The fourth-order valence-corrected chi connectivity index (χ4v) is 1.69. The summed E-state index contributed by atoms with van der Waals surface area (Å²) in [5.41, 5.74) is 1.70. The number of carboxylic acid groups (broad SMARTS) is 1. The monoisotopic (exact) mass is 261 g/mol. The fraction of sp³-hybridized carbons (Fsp3) is 0. The molecule has 0 radical (unpaired) electrons. The van der Waals surface area contributed by atoms with Crippen molar-refractivity contribution in [1.29, 1.82) is 0 Å². The average Bonchev–Trinajstić information content (AvgIpc) is 2.39. The largest absolute Gasteiger partial charge is 0.478 e. The van der Waals surface area contributed by atoms with Gasteiger partial charge in [-0.2, -0.15) is 0 Å². The van der Waals surface area contributed by atoms with Gasteiger partial charge in [0, 0.05) is 17.3 Å². The minimum atomic E-state index is -1.09. The molecule has 90 valence electrons. The van der Waals surface area contributed by atoms with E-state index in [-0.39, 0.29) is 10.6 Å². The molecule has 0 spiro atoms. The van der Waals surface area contributed by atoms with Crippen LogP contribution in [0.2, 0.25) is 5.02 Å². The number of hydrogen-bond acceptors (Lipinski definition) is 3. The number of aromatic nitrogens is 1. The lowest BCUT2D eigenvalue weighted by Crippen LogP contribution is -1.98. The van der Waals surface area contributed by atoms with Gasteiger partial charge in [-0.25, -0.2) is 4.79 Å². The van der Waals surface area contributed by atoms with Crippen LogP contribution in [0.3, 0.4) is 0 Å². The van der Waals surface area contributed by atoms with Crippen molar-refractivity contribution >= 4 is 23.9 Å². The lowest BCUT2D eigenvalue weighted by atomic mass is 10.1. The lowest BCUT2D eigenvalue weighted by molar-refractivity contribution is 0.0697. The Morgan fingerprint density at radius 3 is 2.61 bits per heavy atom. The van der Waals surface area contributed by atoms with Gasteiger partial charge >= 0.3 is 5.97 Å². The van der Waals surface area contributed by atoms with Gasteiger partial charge in [-0.05, 0) is 24.3 Å². The highest BCUT2D eigenvalue weighted by Crippen LogP contribution is 2.24.